The molecular formula is C13H7Cl2F3N2O2. The molecule has 0 unspecified atom stereocenters. The van der Waals surface area contributed by atoms with Crippen molar-refractivity contribution in [1.29, 1.82) is 0 Å². The van der Waals surface area contributed by atoms with E-state index in [9.17, 15) is 23.1 Å². The van der Waals surface area contributed by atoms with E-state index in [-0.39, 0.29) is 10.6 Å². The number of hydrogen-bond donors (Lipinski definition) is 2. The van der Waals surface area contributed by atoms with Gasteiger partial charge in [0.1, 0.15) is 5.75 Å². The van der Waals surface area contributed by atoms with Gasteiger partial charge in [-0.1, -0.05) is 23.2 Å². The molecule has 1 aromatic carbocycles. The molecule has 1 aromatic heterocycles. The molecule has 0 aliphatic rings. The van der Waals surface area contributed by atoms with Gasteiger partial charge in [-0.15, -0.1) is 0 Å². The number of pyridine rings is 1. The van der Waals surface area contributed by atoms with Crippen molar-refractivity contribution < 1.29 is 23.1 Å². The summed E-state index contributed by atoms with van der Waals surface area (Å²) in [5.41, 5.74) is -1.61. The van der Waals surface area contributed by atoms with E-state index in [4.69, 9.17) is 23.2 Å². The molecule has 2 rings (SSSR count). The highest BCUT2D eigenvalue weighted by Gasteiger charge is 2.34. The predicted molar refractivity (Wildman–Crippen MR) is 75.3 cm³/mol. The Labute approximate surface area is 132 Å². The van der Waals surface area contributed by atoms with Crippen molar-refractivity contribution in [3.05, 3.63) is 51.8 Å². The summed E-state index contributed by atoms with van der Waals surface area (Å²) in [6.07, 6.45) is -2.22. The second-order valence-corrected chi connectivity index (χ2v) is 4.97. The number of phenolic OH excluding ortho intramolecular Hbond substituents is 1. The fourth-order valence-corrected chi connectivity index (χ4v) is 2.10. The molecule has 0 saturated carbocycles. The molecule has 9 heteroatoms. The van der Waals surface area contributed by atoms with Crippen LogP contribution in [0.4, 0.5) is 18.9 Å². The van der Waals surface area contributed by atoms with Crippen molar-refractivity contribution in [2.75, 3.05) is 5.32 Å². The SMILES string of the molecule is O=C(Nc1cc(C(F)(F)F)c(Cl)cc1O)c1ccncc1Cl. The Morgan fingerprint density at radius 2 is 1.91 bits per heavy atom. The van der Waals surface area contributed by atoms with Crippen LogP contribution in [0, 0.1) is 0 Å². The molecule has 0 aliphatic heterocycles. The lowest BCUT2D eigenvalue weighted by Crippen LogP contribution is -2.14. The van der Waals surface area contributed by atoms with E-state index in [1.54, 1.807) is 0 Å². The first-order valence-corrected chi connectivity index (χ1v) is 6.46. The normalized spacial score (nSPS) is 11.3. The highest BCUT2D eigenvalue weighted by molar-refractivity contribution is 6.34. The molecule has 0 atom stereocenters. The Balaban J connectivity index is 2.38. The van der Waals surface area contributed by atoms with E-state index in [1.165, 1.54) is 18.5 Å². The lowest BCUT2D eigenvalue weighted by molar-refractivity contribution is -0.137. The summed E-state index contributed by atoms with van der Waals surface area (Å²) >= 11 is 11.2. The van der Waals surface area contributed by atoms with Crippen molar-refractivity contribution in [1.82, 2.24) is 4.98 Å². The average molecular weight is 351 g/mol. The number of nitrogens with one attached hydrogen (secondary N) is 1. The smallest absolute Gasteiger partial charge is 0.417 e. The molecule has 0 saturated heterocycles. The summed E-state index contributed by atoms with van der Waals surface area (Å²) in [6, 6.07) is 2.54. The molecule has 116 valence electrons. The van der Waals surface area contributed by atoms with E-state index >= 15 is 0 Å². The average Bonchev–Trinajstić information content (AvgIpc) is 2.40. The minimum Gasteiger partial charge on any atom is -0.506 e. The monoisotopic (exact) mass is 350 g/mol. The first kappa shape index (κ1) is 16.4. The minimum atomic E-state index is -4.72. The summed E-state index contributed by atoms with van der Waals surface area (Å²) in [5, 5.41) is 11.1. The molecule has 1 heterocycles. The van der Waals surface area contributed by atoms with E-state index < -0.39 is 34.1 Å². The summed E-state index contributed by atoms with van der Waals surface area (Å²) < 4.78 is 38.3. The zero-order valence-electron chi connectivity index (χ0n) is 10.6. The zero-order chi connectivity index (χ0) is 16.5. The fourth-order valence-electron chi connectivity index (χ4n) is 1.63. The molecule has 0 spiro atoms. The quantitative estimate of drug-likeness (QED) is 0.790. The van der Waals surface area contributed by atoms with Gasteiger partial charge in [0.05, 0.1) is 26.9 Å². The van der Waals surface area contributed by atoms with Gasteiger partial charge in [-0.25, -0.2) is 0 Å². The van der Waals surface area contributed by atoms with Gasteiger partial charge in [0.2, 0.25) is 0 Å². The van der Waals surface area contributed by atoms with Crippen molar-refractivity contribution in [3.63, 3.8) is 0 Å². The number of halogens is 5. The van der Waals surface area contributed by atoms with E-state index in [1.807, 2.05) is 0 Å². The molecule has 2 aromatic rings. The summed E-state index contributed by atoms with van der Waals surface area (Å²) in [5.74, 6) is -1.39. The zero-order valence-corrected chi connectivity index (χ0v) is 12.1. The maximum Gasteiger partial charge on any atom is 0.417 e. The summed E-state index contributed by atoms with van der Waals surface area (Å²) in [6.45, 7) is 0. The number of phenols is 1. The summed E-state index contributed by atoms with van der Waals surface area (Å²) in [7, 11) is 0. The Morgan fingerprint density at radius 1 is 1.23 bits per heavy atom. The number of aromatic nitrogens is 1. The maximum atomic E-state index is 12.8. The largest absolute Gasteiger partial charge is 0.506 e. The van der Waals surface area contributed by atoms with E-state index in [0.29, 0.717) is 12.1 Å². The number of aromatic hydroxyl groups is 1. The number of carbonyl (C=O) groups is 1. The third-order valence-corrected chi connectivity index (χ3v) is 3.27. The molecule has 4 nitrogen and oxygen atoms in total. The van der Waals surface area contributed by atoms with Gasteiger partial charge in [-0.05, 0) is 12.1 Å². The Morgan fingerprint density at radius 3 is 2.50 bits per heavy atom. The van der Waals surface area contributed by atoms with Gasteiger partial charge >= 0.3 is 6.18 Å². The van der Waals surface area contributed by atoms with Crippen molar-refractivity contribution >= 4 is 34.8 Å². The van der Waals surface area contributed by atoms with Gasteiger partial charge in [-0.2, -0.15) is 13.2 Å². The lowest BCUT2D eigenvalue weighted by Gasteiger charge is -2.13. The number of anilines is 1. The first-order valence-electron chi connectivity index (χ1n) is 5.70. The Bertz CT molecular complexity index is 736. The van der Waals surface area contributed by atoms with Crippen LogP contribution in [-0.4, -0.2) is 16.0 Å². The highest BCUT2D eigenvalue weighted by Crippen LogP contribution is 2.40. The van der Waals surface area contributed by atoms with Crippen LogP contribution in [-0.2, 0) is 6.18 Å². The van der Waals surface area contributed by atoms with Gasteiger partial charge < -0.3 is 10.4 Å². The molecule has 2 N–H and O–H groups in total. The third kappa shape index (κ3) is 3.42. The van der Waals surface area contributed by atoms with Crippen LogP contribution >= 0.6 is 23.2 Å². The third-order valence-electron chi connectivity index (χ3n) is 2.66. The van der Waals surface area contributed by atoms with Crippen LogP contribution < -0.4 is 5.32 Å². The number of amides is 1. The lowest BCUT2D eigenvalue weighted by atomic mass is 10.1. The summed E-state index contributed by atoms with van der Waals surface area (Å²) in [4.78, 5) is 15.7. The molecule has 0 fully saturated rings. The van der Waals surface area contributed by atoms with Crippen LogP contribution in [0.3, 0.4) is 0 Å². The molecule has 0 aliphatic carbocycles. The fraction of sp³-hybridized carbons (Fsp3) is 0.0769. The van der Waals surface area contributed by atoms with Crippen LogP contribution in [0.5, 0.6) is 5.75 Å². The number of carbonyl (C=O) groups excluding carboxylic acids is 1. The molecule has 22 heavy (non-hydrogen) atoms. The van der Waals surface area contributed by atoms with Crippen LogP contribution in [0.25, 0.3) is 0 Å². The minimum absolute atomic E-state index is 0.000393. The molecule has 0 bridgehead atoms. The van der Waals surface area contributed by atoms with Gasteiger partial charge in [0.15, 0.2) is 0 Å². The molecule has 0 radical (unpaired) electrons. The van der Waals surface area contributed by atoms with E-state index in [2.05, 4.69) is 10.3 Å². The number of nitrogens with zero attached hydrogens (tertiary/aromatic N) is 1. The highest BCUT2D eigenvalue weighted by atomic mass is 35.5. The Kier molecular flexibility index (Phi) is 4.48. The molecule has 1 amide bonds. The maximum absolute atomic E-state index is 12.8. The number of alkyl halides is 3. The molecular weight excluding hydrogens is 344 g/mol. The van der Waals surface area contributed by atoms with Crippen molar-refractivity contribution in [2.45, 2.75) is 6.18 Å². The van der Waals surface area contributed by atoms with Crippen molar-refractivity contribution in [3.8, 4) is 5.75 Å². The van der Waals surface area contributed by atoms with Gasteiger partial charge in [-0.3, -0.25) is 9.78 Å². The Hall–Kier alpha value is -1.99. The number of rotatable bonds is 2. The number of hydrogen-bond acceptors (Lipinski definition) is 3. The number of benzene rings is 1. The standard InChI is InChI=1S/C13H7Cl2F3N2O2/c14-8-4-11(21)10(3-7(8)13(16,17)18)20-12(22)6-1-2-19-5-9(6)15/h1-5,21H,(H,20,22). The first-order chi connectivity index (χ1) is 10.2. The second kappa shape index (κ2) is 6.02. The second-order valence-electron chi connectivity index (χ2n) is 4.16. The van der Waals surface area contributed by atoms with Crippen LogP contribution in [0.1, 0.15) is 15.9 Å². The van der Waals surface area contributed by atoms with Gasteiger partial charge in [0, 0.05) is 18.5 Å². The predicted octanol–water partition coefficient (Wildman–Crippen LogP) is 4.37. The van der Waals surface area contributed by atoms with E-state index in [0.717, 1.165) is 0 Å². The van der Waals surface area contributed by atoms with Crippen molar-refractivity contribution in [2.24, 2.45) is 0 Å². The van der Waals surface area contributed by atoms with Crippen LogP contribution in [0.2, 0.25) is 10.0 Å². The van der Waals surface area contributed by atoms with Crippen LogP contribution in [0.15, 0.2) is 30.6 Å². The topological polar surface area (TPSA) is 62.2 Å². The van der Waals surface area contributed by atoms with Gasteiger partial charge in [0.25, 0.3) is 5.91 Å².